The average Bonchev–Trinajstić information content (AvgIpc) is 3.21. The van der Waals surface area contributed by atoms with Gasteiger partial charge >= 0.3 is 0 Å². The molecule has 3 nitrogen and oxygen atoms in total. The van der Waals surface area contributed by atoms with Gasteiger partial charge in [-0.25, -0.2) is 0 Å². The van der Waals surface area contributed by atoms with Crippen LogP contribution in [0.3, 0.4) is 0 Å². The number of thioether (sulfide) groups is 1. The van der Waals surface area contributed by atoms with Crippen molar-refractivity contribution in [3.8, 4) is 0 Å². The molecule has 1 aromatic carbocycles. The van der Waals surface area contributed by atoms with Crippen molar-refractivity contribution in [2.24, 2.45) is 17.8 Å². The van der Waals surface area contributed by atoms with Gasteiger partial charge in [0.1, 0.15) is 0 Å². The standard InChI is InChI=1S/C28H43NO2S/c1-20-7-6-8-21(15-20)17-24(30)9-10-25-26-18-22(16-23(26)19-27(25)31)11-13-32-14-12-29(5)28(2,3)4/h6-10,15-16,23-27,30-31H,11-14,17-19H2,1-5H3/t23-,24-,25+,26-,27+/m0/s1. The lowest BCUT2D eigenvalue weighted by molar-refractivity contribution is 0.140. The van der Waals surface area contributed by atoms with Crippen molar-refractivity contribution < 1.29 is 10.2 Å². The molecule has 5 atom stereocenters. The molecule has 0 bridgehead atoms. The van der Waals surface area contributed by atoms with Crippen LogP contribution in [0, 0.1) is 24.7 Å². The highest BCUT2D eigenvalue weighted by Gasteiger charge is 2.43. The van der Waals surface area contributed by atoms with Crippen LogP contribution in [0.25, 0.3) is 0 Å². The zero-order chi connectivity index (χ0) is 23.3. The zero-order valence-corrected chi connectivity index (χ0v) is 21.4. The minimum absolute atomic E-state index is 0.161. The molecule has 0 heterocycles. The Kier molecular flexibility index (Phi) is 9.08. The maximum atomic E-state index is 10.6. The van der Waals surface area contributed by atoms with Gasteiger partial charge in [0, 0.05) is 30.2 Å². The maximum Gasteiger partial charge on any atom is 0.0761 e. The highest BCUT2D eigenvalue weighted by atomic mass is 32.2. The van der Waals surface area contributed by atoms with Crippen molar-refractivity contribution in [3.63, 3.8) is 0 Å². The molecule has 2 aliphatic rings. The monoisotopic (exact) mass is 457 g/mol. The summed E-state index contributed by atoms with van der Waals surface area (Å²) in [6.45, 7) is 10.00. The van der Waals surface area contributed by atoms with E-state index in [1.807, 2.05) is 12.1 Å². The van der Waals surface area contributed by atoms with Crippen LogP contribution in [0.15, 0.2) is 48.1 Å². The summed E-state index contributed by atoms with van der Waals surface area (Å²) in [6.07, 6.45) is 9.44. The van der Waals surface area contributed by atoms with Crippen molar-refractivity contribution in [1.82, 2.24) is 4.90 Å². The molecule has 2 N–H and O–H groups in total. The minimum Gasteiger partial charge on any atom is -0.392 e. The van der Waals surface area contributed by atoms with Gasteiger partial charge in [-0.3, -0.25) is 0 Å². The highest BCUT2D eigenvalue weighted by molar-refractivity contribution is 7.99. The van der Waals surface area contributed by atoms with Crippen LogP contribution in [0.5, 0.6) is 0 Å². The second-order valence-electron chi connectivity index (χ2n) is 10.8. The van der Waals surface area contributed by atoms with E-state index in [9.17, 15) is 10.2 Å². The Hall–Kier alpha value is -1.07. The average molecular weight is 458 g/mol. The summed E-state index contributed by atoms with van der Waals surface area (Å²) in [7, 11) is 2.21. The van der Waals surface area contributed by atoms with Gasteiger partial charge in [-0.15, -0.1) is 0 Å². The summed E-state index contributed by atoms with van der Waals surface area (Å²) in [4.78, 5) is 2.42. The molecule has 0 spiro atoms. The molecule has 0 unspecified atom stereocenters. The Balaban J connectivity index is 1.43. The van der Waals surface area contributed by atoms with Gasteiger partial charge in [-0.2, -0.15) is 11.8 Å². The molecule has 1 fully saturated rings. The second kappa shape index (κ2) is 11.4. The van der Waals surface area contributed by atoms with Gasteiger partial charge in [0.2, 0.25) is 0 Å². The van der Waals surface area contributed by atoms with Crippen LogP contribution in [0.2, 0.25) is 0 Å². The van der Waals surface area contributed by atoms with Gasteiger partial charge in [-0.1, -0.05) is 53.6 Å². The van der Waals surface area contributed by atoms with Crippen molar-refractivity contribution in [2.45, 2.75) is 71.1 Å². The van der Waals surface area contributed by atoms with Crippen molar-refractivity contribution in [2.75, 3.05) is 25.1 Å². The van der Waals surface area contributed by atoms with Crippen LogP contribution in [-0.4, -0.2) is 58.0 Å². The molecule has 32 heavy (non-hydrogen) atoms. The van der Waals surface area contributed by atoms with E-state index in [2.05, 4.69) is 81.8 Å². The Labute approximate surface area is 200 Å². The molecule has 3 rings (SSSR count). The molecule has 4 heteroatoms. The third-order valence-electron chi connectivity index (χ3n) is 7.32. The normalized spacial score (nSPS) is 26.7. The number of aliphatic hydroxyl groups is 2. The minimum atomic E-state index is -0.500. The van der Waals surface area contributed by atoms with Gasteiger partial charge in [-0.05, 0) is 77.2 Å². The maximum absolute atomic E-state index is 10.6. The lowest BCUT2D eigenvalue weighted by Gasteiger charge is -2.31. The molecular weight excluding hydrogens is 414 g/mol. The number of hydrogen-bond acceptors (Lipinski definition) is 4. The summed E-state index contributed by atoms with van der Waals surface area (Å²) >= 11 is 2.05. The summed E-state index contributed by atoms with van der Waals surface area (Å²) in [5, 5.41) is 21.1. The van der Waals surface area contributed by atoms with E-state index >= 15 is 0 Å². The number of aryl methyl sites for hydroxylation is 1. The van der Waals surface area contributed by atoms with Crippen molar-refractivity contribution >= 4 is 11.8 Å². The molecule has 0 radical (unpaired) electrons. The van der Waals surface area contributed by atoms with Crippen LogP contribution >= 0.6 is 11.8 Å². The molecular formula is C28H43NO2S. The molecule has 178 valence electrons. The van der Waals surface area contributed by atoms with E-state index < -0.39 is 6.10 Å². The number of allylic oxidation sites excluding steroid dienone is 2. The van der Waals surface area contributed by atoms with Crippen LogP contribution in [-0.2, 0) is 6.42 Å². The quantitative estimate of drug-likeness (QED) is 0.372. The largest absolute Gasteiger partial charge is 0.392 e. The predicted molar refractivity (Wildman–Crippen MR) is 138 cm³/mol. The highest BCUT2D eigenvalue weighted by Crippen LogP contribution is 2.48. The predicted octanol–water partition coefficient (Wildman–Crippen LogP) is 5.25. The summed E-state index contributed by atoms with van der Waals surface area (Å²) in [5.41, 5.74) is 4.19. The Morgan fingerprint density at radius 2 is 2.03 bits per heavy atom. The van der Waals surface area contributed by atoms with Crippen molar-refractivity contribution in [1.29, 1.82) is 0 Å². The molecule has 0 amide bonds. The molecule has 2 aliphatic carbocycles. The molecule has 0 saturated heterocycles. The lowest BCUT2D eigenvalue weighted by atomic mass is 9.88. The summed E-state index contributed by atoms with van der Waals surface area (Å²) in [5.74, 6) is 3.52. The van der Waals surface area contributed by atoms with E-state index in [0.29, 0.717) is 18.3 Å². The fraction of sp³-hybridized carbons (Fsp3) is 0.643. The van der Waals surface area contributed by atoms with Gasteiger partial charge < -0.3 is 15.1 Å². The van der Waals surface area contributed by atoms with E-state index in [-0.39, 0.29) is 17.6 Å². The van der Waals surface area contributed by atoms with Gasteiger partial charge in [0.15, 0.2) is 0 Å². The third-order valence-corrected chi connectivity index (χ3v) is 8.28. The lowest BCUT2D eigenvalue weighted by Crippen LogP contribution is -2.39. The van der Waals surface area contributed by atoms with Crippen molar-refractivity contribution in [3.05, 3.63) is 59.2 Å². The number of rotatable bonds is 10. The van der Waals surface area contributed by atoms with Crippen LogP contribution in [0.1, 0.15) is 51.2 Å². The fourth-order valence-corrected chi connectivity index (χ4v) is 6.05. The number of benzene rings is 1. The molecule has 1 saturated carbocycles. The fourth-order valence-electron chi connectivity index (χ4n) is 5.04. The number of hydrogen-bond donors (Lipinski definition) is 2. The Bertz CT molecular complexity index is 797. The molecule has 0 aliphatic heterocycles. The SMILES string of the molecule is Cc1cccc(C[C@@H](O)C=C[C@@H]2[C@H]3CC(CCSCCN(C)C(C)(C)C)=C[C@H]3C[C@H]2O)c1. The van der Waals surface area contributed by atoms with E-state index in [1.54, 1.807) is 5.57 Å². The summed E-state index contributed by atoms with van der Waals surface area (Å²) in [6, 6.07) is 8.31. The first kappa shape index (κ1) is 25.6. The third kappa shape index (κ3) is 7.21. The Morgan fingerprint density at radius 3 is 2.75 bits per heavy atom. The topological polar surface area (TPSA) is 43.7 Å². The smallest absolute Gasteiger partial charge is 0.0761 e. The summed E-state index contributed by atoms with van der Waals surface area (Å²) < 4.78 is 0. The first-order valence-corrected chi connectivity index (χ1v) is 13.4. The first-order chi connectivity index (χ1) is 15.1. The number of aliphatic hydroxyl groups excluding tert-OH is 2. The van der Waals surface area contributed by atoms with Gasteiger partial charge in [0.25, 0.3) is 0 Å². The molecule has 0 aromatic heterocycles. The molecule has 1 aromatic rings. The van der Waals surface area contributed by atoms with Crippen LogP contribution < -0.4 is 0 Å². The zero-order valence-electron chi connectivity index (χ0n) is 20.6. The van der Waals surface area contributed by atoms with E-state index in [4.69, 9.17) is 0 Å². The van der Waals surface area contributed by atoms with E-state index in [1.165, 1.54) is 23.5 Å². The van der Waals surface area contributed by atoms with Crippen LogP contribution in [0.4, 0.5) is 0 Å². The number of nitrogens with zero attached hydrogens (tertiary/aromatic N) is 1. The first-order valence-electron chi connectivity index (χ1n) is 12.2. The second-order valence-corrected chi connectivity index (χ2v) is 12.1. The van der Waals surface area contributed by atoms with Gasteiger partial charge in [0.05, 0.1) is 12.2 Å². The number of fused-ring (bicyclic) bond motifs is 1. The van der Waals surface area contributed by atoms with E-state index in [0.717, 1.165) is 24.9 Å². The Morgan fingerprint density at radius 1 is 1.25 bits per heavy atom.